The van der Waals surface area contributed by atoms with Gasteiger partial charge in [-0.25, -0.2) is 4.79 Å². The van der Waals surface area contributed by atoms with Crippen molar-refractivity contribution in [2.45, 2.75) is 6.10 Å². The van der Waals surface area contributed by atoms with Crippen molar-refractivity contribution in [3.05, 3.63) is 58.6 Å². The topological polar surface area (TPSA) is 91.1 Å². The van der Waals surface area contributed by atoms with Crippen molar-refractivity contribution in [2.75, 3.05) is 39.1 Å². The summed E-state index contributed by atoms with van der Waals surface area (Å²) >= 11 is 6.05. The molecular weight excluding hydrogens is 384 g/mol. The molecule has 0 unspecified atom stereocenters. The molecule has 1 saturated heterocycles. The summed E-state index contributed by atoms with van der Waals surface area (Å²) in [7, 11) is 1.41. The fourth-order valence-corrected chi connectivity index (χ4v) is 3.07. The van der Waals surface area contributed by atoms with E-state index in [2.05, 4.69) is 0 Å². The van der Waals surface area contributed by atoms with Gasteiger partial charge in [-0.15, -0.1) is 0 Å². The molecule has 28 heavy (non-hydrogen) atoms. The summed E-state index contributed by atoms with van der Waals surface area (Å²) in [4.78, 5) is 27.5. The van der Waals surface area contributed by atoms with E-state index < -0.39 is 12.1 Å². The molecule has 0 spiro atoms. The lowest BCUT2D eigenvalue weighted by Gasteiger charge is -2.30. The Morgan fingerprint density at radius 2 is 1.86 bits per heavy atom. The second-order valence-electron chi connectivity index (χ2n) is 6.21. The maximum atomic E-state index is 13.1. The number of esters is 1. The number of carbonyl (C=O) groups is 2. The maximum absolute atomic E-state index is 13.1. The predicted molar refractivity (Wildman–Crippen MR) is 104 cm³/mol. The first-order valence-electron chi connectivity index (χ1n) is 8.76. The number of morpholine rings is 1. The third-order valence-corrected chi connectivity index (χ3v) is 4.74. The summed E-state index contributed by atoms with van der Waals surface area (Å²) in [5.41, 5.74) is 6.72. The highest BCUT2D eigenvalue weighted by atomic mass is 35.5. The van der Waals surface area contributed by atoms with Gasteiger partial charge in [0.15, 0.2) is 0 Å². The number of anilines is 1. The Balaban J connectivity index is 1.90. The summed E-state index contributed by atoms with van der Waals surface area (Å²) in [6.45, 7) is 1.78. The van der Waals surface area contributed by atoms with Crippen LogP contribution in [-0.4, -0.2) is 50.2 Å². The molecule has 1 amide bonds. The Hall–Kier alpha value is -2.77. The van der Waals surface area contributed by atoms with Gasteiger partial charge in [-0.1, -0.05) is 41.9 Å². The molecule has 7 nitrogen and oxygen atoms in total. The molecule has 0 aliphatic carbocycles. The fraction of sp³-hybridized carbons (Fsp3) is 0.300. The number of halogens is 1. The van der Waals surface area contributed by atoms with Crippen molar-refractivity contribution >= 4 is 29.2 Å². The Morgan fingerprint density at radius 1 is 1.18 bits per heavy atom. The zero-order valence-electron chi connectivity index (χ0n) is 15.4. The van der Waals surface area contributed by atoms with E-state index in [1.54, 1.807) is 29.2 Å². The smallest absolute Gasteiger partial charge is 0.343 e. The lowest BCUT2D eigenvalue weighted by atomic mass is 10.1. The van der Waals surface area contributed by atoms with Gasteiger partial charge >= 0.3 is 5.97 Å². The van der Waals surface area contributed by atoms with Crippen LogP contribution >= 0.6 is 11.6 Å². The standard InChI is InChI=1S/C20H21ClN2O5/c1-26-17-12-16(22)15(21)11-14(17)20(25)28-18(13-5-3-2-4-6-13)19(24)23-7-9-27-10-8-23/h2-6,11-12,18H,7-10,22H2,1H3/t18-/m1/s1. The predicted octanol–water partition coefficient (Wildman–Crippen LogP) is 2.69. The fourth-order valence-electron chi connectivity index (χ4n) is 2.91. The molecule has 0 saturated carbocycles. The van der Waals surface area contributed by atoms with Gasteiger partial charge in [0, 0.05) is 24.7 Å². The van der Waals surface area contributed by atoms with E-state index in [1.807, 2.05) is 6.07 Å². The van der Waals surface area contributed by atoms with Crippen LogP contribution in [0.5, 0.6) is 5.75 Å². The monoisotopic (exact) mass is 404 g/mol. The Morgan fingerprint density at radius 3 is 2.50 bits per heavy atom. The summed E-state index contributed by atoms with van der Waals surface area (Å²) < 4.78 is 16.1. The zero-order chi connectivity index (χ0) is 20.1. The number of methoxy groups -OCH3 is 1. The second kappa shape index (κ2) is 8.95. The van der Waals surface area contributed by atoms with Crippen LogP contribution in [0.4, 0.5) is 5.69 Å². The number of nitrogens with zero attached hydrogens (tertiary/aromatic N) is 1. The Kier molecular flexibility index (Phi) is 6.38. The van der Waals surface area contributed by atoms with E-state index in [9.17, 15) is 9.59 Å². The average Bonchev–Trinajstić information content (AvgIpc) is 2.74. The second-order valence-corrected chi connectivity index (χ2v) is 6.61. The molecule has 1 heterocycles. The molecular formula is C20H21ClN2O5. The number of carbonyl (C=O) groups excluding carboxylic acids is 2. The van der Waals surface area contributed by atoms with E-state index in [0.717, 1.165) is 0 Å². The van der Waals surface area contributed by atoms with Crippen molar-refractivity contribution in [2.24, 2.45) is 0 Å². The van der Waals surface area contributed by atoms with Gasteiger partial charge < -0.3 is 24.8 Å². The quantitative estimate of drug-likeness (QED) is 0.608. The molecule has 2 aromatic rings. The van der Waals surface area contributed by atoms with Crippen LogP contribution in [0.15, 0.2) is 42.5 Å². The Labute approximate surface area is 167 Å². The number of amides is 1. The molecule has 1 fully saturated rings. The number of nitrogen functional groups attached to an aromatic ring is 1. The third-order valence-electron chi connectivity index (χ3n) is 4.41. The minimum atomic E-state index is -1.09. The van der Waals surface area contributed by atoms with Gasteiger partial charge in [-0.05, 0) is 6.07 Å². The van der Waals surface area contributed by atoms with Crippen molar-refractivity contribution < 1.29 is 23.8 Å². The van der Waals surface area contributed by atoms with Gasteiger partial charge in [-0.3, -0.25) is 4.79 Å². The molecule has 0 aromatic heterocycles. The Bertz CT molecular complexity index is 853. The van der Waals surface area contributed by atoms with Gasteiger partial charge in [0.1, 0.15) is 11.3 Å². The number of nitrogens with two attached hydrogens (primary N) is 1. The van der Waals surface area contributed by atoms with E-state index in [4.69, 9.17) is 31.5 Å². The molecule has 148 valence electrons. The molecule has 1 aliphatic rings. The van der Waals surface area contributed by atoms with Crippen LogP contribution in [-0.2, 0) is 14.3 Å². The first-order valence-corrected chi connectivity index (χ1v) is 9.14. The highest BCUT2D eigenvalue weighted by molar-refractivity contribution is 6.33. The molecule has 0 radical (unpaired) electrons. The maximum Gasteiger partial charge on any atom is 0.343 e. The largest absolute Gasteiger partial charge is 0.496 e. The van der Waals surface area contributed by atoms with Gasteiger partial charge in [-0.2, -0.15) is 0 Å². The zero-order valence-corrected chi connectivity index (χ0v) is 16.1. The van der Waals surface area contributed by atoms with Gasteiger partial charge in [0.05, 0.1) is 31.0 Å². The molecule has 3 rings (SSSR count). The van der Waals surface area contributed by atoms with E-state index in [1.165, 1.54) is 19.2 Å². The highest BCUT2D eigenvalue weighted by Gasteiger charge is 2.31. The van der Waals surface area contributed by atoms with E-state index >= 15 is 0 Å². The molecule has 2 N–H and O–H groups in total. The molecule has 2 aromatic carbocycles. The van der Waals surface area contributed by atoms with Crippen LogP contribution in [0.1, 0.15) is 22.0 Å². The van der Waals surface area contributed by atoms with Crippen LogP contribution in [0.3, 0.4) is 0 Å². The lowest BCUT2D eigenvalue weighted by molar-refractivity contribution is -0.145. The van der Waals surface area contributed by atoms with Gasteiger partial charge in [0.2, 0.25) is 6.10 Å². The third kappa shape index (κ3) is 4.37. The molecule has 8 heteroatoms. The van der Waals surface area contributed by atoms with Crippen LogP contribution in [0, 0.1) is 0 Å². The van der Waals surface area contributed by atoms with Crippen molar-refractivity contribution in [3.8, 4) is 5.75 Å². The molecule has 0 bridgehead atoms. The lowest BCUT2D eigenvalue weighted by Crippen LogP contribution is -2.44. The minimum absolute atomic E-state index is 0.0948. The van der Waals surface area contributed by atoms with Crippen molar-refractivity contribution in [1.29, 1.82) is 0 Å². The van der Waals surface area contributed by atoms with E-state index in [-0.39, 0.29) is 27.9 Å². The first-order chi connectivity index (χ1) is 13.5. The summed E-state index contributed by atoms with van der Waals surface area (Å²) in [6.07, 6.45) is -1.09. The van der Waals surface area contributed by atoms with Crippen molar-refractivity contribution in [1.82, 2.24) is 4.90 Å². The average molecular weight is 405 g/mol. The number of ether oxygens (including phenoxy) is 3. The number of hydrogen-bond acceptors (Lipinski definition) is 6. The summed E-state index contributed by atoms with van der Waals surface area (Å²) in [6, 6.07) is 11.7. The normalized spacial score (nSPS) is 15.0. The SMILES string of the molecule is COc1cc(N)c(Cl)cc1C(=O)O[C@@H](C(=O)N1CCOCC1)c1ccccc1. The minimum Gasteiger partial charge on any atom is -0.496 e. The van der Waals surface area contributed by atoms with Crippen LogP contribution < -0.4 is 10.5 Å². The highest BCUT2D eigenvalue weighted by Crippen LogP contribution is 2.31. The number of benzene rings is 2. The molecule has 1 atom stereocenters. The summed E-state index contributed by atoms with van der Waals surface area (Å²) in [5.74, 6) is -0.810. The summed E-state index contributed by atoms with van der Waals surface area (Å²) in [5, 5.41) is 0.198. The molecule has 1 aliphatic heterocycles. The first kappa shape index (κ1) is 20.0. The van der Waals surface area contributed by atoms with Crippen LogP contribution in [0.2, 0.25) is 5.02 Å². The number of hydrogen-bond donors (Lipinski definition) is 1. The van der Waals surface area contributed by atoms with E-state index in [0.29, 0.717) is 31.9 Å². The van der Waals surface area contributed by atoms with Crippen molar-refractivity contribution in [3.63, 3.8) is 0 Å². The van der Waals surface area contributed by atoms with Crippen LogP contribution in [0.25, 0.3) is 0 Å². The number of rotatable bonds is 5. The van der Waals surface area contributed by atoms with Gasteiger partial charge in [0.25, 0.3) is 5.91 Å².